The number of anilines is 1. The molecular weight excluding hydrogens is 559 g/mol. The van der Waals surface area contributed by atoms with Crippen molar-refractivity contribution in [3.05, 3.63) is 62.1 Å². The number of sulfonamides is 1. The SMILES string of the molecule is CCCNC(=O)[C@@H](CC)N(Cc1ccc(Cl)cc1Cl)C(=O)CN(c1cc([N+](=O)[O-])ccc1OC)S(C)(=O)=O. The monoisotopic (exact) mass is 588 g/mol. The zero-order chi connectivity index (χ0) is 28.6. The number of nitrogens with zero attached hydrogens (tertiary/aromatic N) is 3. The number of hydrogen-bond donors (Lipinski definition) is 1. The van der Waals surface area contributed by atoms with Gasteiger partial charge in [-0.3, -0.25) is 24.0 Å². The molecule has 0 aliphatic heterocycles. The van der Waals surface area contributed by atoms with Crippen LogP contribution in [-0.2, 0) is 26.2 Å². The van der Waals surface area contributed by atoms with E-state index in [1.807, 2.05) is 6.92 Å². The molecule has 0 saturated heterocycles. The highest BCUT2D eigenvalue weighted by Gasteiger charge is 2.33. The van der Waals surface area contributed by atoms with Crippen LogP contribution in [0.15, 0.2) is 36.4 Å². The number of nitro benzene ring substituents is 1. The van der Waals surface area contributed by atoms with Gasteiger partial charge in [-0.2, -0.15) is 0 Å². The molecule has 2 aromatic rings. The van der Waals surface area contributed by atoms with E-state index < -0.39 is 45.0 Å². The fourth-order valence-electron chi connectivity index (χ4n) is 3.70. The predicted octanol–water partition coefficient (Wildman–Crippen LogP) is 4.01. The maximum Gasteiger partial charge on any atom is 0.271 e. The minimum atomic E-state index is -4.14. The summed E-state index contributed by atoms with van der Waals surface area (Å²) in [5.41, 5.74) is -0.0902. The molecule has 208 valence electrons. The van der Waals surface area contributed by atoms with E-state index >= 15 is 0 Å². The normalized spacial score (nSPS) is 11.9. The molecule has 0 bridgehead atoms. The number of benzene rings is 2. The van der Waals surface area contributed by atoms with Crippen molar-refractivity contribution in [1.82, 2.24) is 10.2 Å². The molecule has 14 heteroatoms. The lowest BCUT2D eigenvalue weighted by molar-refractivity contribution is -0.384. The maximum absolute atomic E-state index is 13.7. The number of halogens is 2. The molecule has 38 heavy (non-hydrogen) atoms. The molecule has 0 aromatic heterocycles. The van der Waals surface area contributed by atoms with Crippen molar-refractivity contribution >= 4 is 56.4 Å². The first-order chi connectivity index (χ1) is 17.8. The van der Waals surface area contributed by atoms with Gasteiger partial charge in [0.15, 0.2) is 0 Å². The largest absolute Gasteiger partial charge is 0.495 e. The third kappa shape index (κ3) is 7.95. The number of ether oxygens (including phenoxy) is 1. The lowest BCUT2D eigenvalue weighted by atomic mass is 10.1. The molecular formula is C24H30Cl2N4O7S. The van der Waals surface area contributed by atoms with Crippen molar-refractivity contribution in [2.75, 3.05) is 30.8 Å². The van der Waals surface area contributed by atoms with Gasteiger partial charge in [0.05, 0.1) is 18.3 Å². The standard InChI is InChI=1S/C24H30Cl2N4O7S/c1-5-11-27-24(32)20(6-2)28(14-16-7-8-17(25)12-19(16)26)23(31)15-29(38(4,35)36)21-13-18(30(33)34)9-10-22(21)37-3/h7-10,12-13,20H,5-6,11,14-15H2,1-4H3,(H,27,32)/t20-/m1/s1. The number of nitro groups is 1. The van der Waals surface area contributed by atoms with Crippen LogP contribution in [0.3, 0.4) is 0 Å². The predicted molar refractivity (Wildman–Crippen MR) is 146 cm³/mol. The first-order valence-corrected chi connectivity index (χ1v) is 14.3. The Morgan fingerprint density at radius 3 is 2.37 bits per heavy atom. The Hall–Kier alpha value is -3.09. The van der Waals surface area contributed by atoms with Gasteiger partial charge in [-0.15, -0.1) is 0 Å². The summed E-state index contributed by atoms with van der Waals surface area (Å²) in [6.07, 6.45) is 1.77. The van der Waals surface area contributed by atoms with Crippen LogP contribution in [0.25, 0.3) is 0 Å². The van der Waals surface area contributed by atoms with Gasteiger partial charge in [0.2, 0.25) is 21.8 Å². The lowest BCUT2D eigenvalue weighted by Crippen LogP contribution is -2.52. The fraction of sp³-hybridized carbons (Fsp3) is 0.417. The molecule has 0 fully saturated rings. The molecule has 1 N–H and O–H groups in total. The summed E-state index contributed by atoms with van der Waals surface area (Å²) in [5.74, 6) is -1.13. The first kappa shape index (κ1) is 31.1. The van der Waals surface area contributed by atoms with Gasteiger partial charge in [0.1, 0.15) is 24.0 Å². The zero-order valence-electron chi connectivity index (χ0n) is 21.4. The van der Waals surface area contributed by atoms with Crippen LogP contribution in [0.4, 0.5) is 11.4 Å². The van der Waals surface area contributed by atoms with Gasteiger partial charge >= 0.3 is 0 Å². The lowest BCUT2D eigenvalue weighted by Gasteiger charge is -2.33. The Balaban J connectivity index is 2.58. The van der Waals surface area contributed by atoms with E-state index in [0.29, 0.717) is 27.9 Å². The van der Waals surface area contributed by atoms with E-state index in [9.17, 15) is 28.1 Å². The number of methoxy groups -OCH3 is 1. The highest BCUT2D eigenvalue weighted by Crippen LogP contribution is 2.34. The van der Waals surface area contributed by atoms with E-state index in [0.717, 1.165) is 18.4 Å². The van der Waals surface area contributed by atoms with Gasteiger partial charge in [0, 0.05) is 35.3 Å². The van der Waals surface area contributed by atoms with Gasteiger partial charge in [-0.1, -0.05) is 43.1 Å². The van der Waals surface area contributed by atoms with Crippen molar-refractivity contribution < 1.29 is 27.7 Å². The molecule has 2 aromatic carbocycles. The second kappa shape index (κ2) is 13.6. The van der Waals surface area contributed by atoms with Gasteiger partial charge in [-0.05, 0) is 36.6 Å². The number of rotatable bonds is 13. The molecule has 0 unspecified atom stereocenters. The summed E-state index contributed by atoms with van der Waals surface area (Å²) in [6, 6.07) is 7.16. The minimum absolute atomic E-state index is 0.00820. The van der Waals surface area contributed by atoms with Crippen LogP contribution in [0.5, 0.6) is 5.75 Å². The van der Waals surface area contributed by atoms with E-state index in [4.69, 9.17) is 27.9 Å². The zero-order valence-corrected chi connectivity index (χ0v) is 23.8. The fourth-order valence-corrected chi connectivity index (χ4v) is 5.01. The molecule has 0 heterocycles. The third-order valence-electron chi connectivity index (χ3n) is 5.61. The Bertz CT molecular complexity index is 1290. The molecule has 11 nitrogen and oxygen atoms in total. The molecule has 1 atom stereocenters. The molecule has 2 amide bonds. The van der Waals surface area contributed by atoms with Crippen molar-refractivity contribution in [2.45, 2.75) is 39.3 Å². The van der Waals surface area contributed by atoms with Crippen LogP contribution < -0.4 is 14.4 Å². The Kier molecular flexibility index (Phi) is 11.2. The van der Waals surface area contributed by atoms with Crippen molar-refractivity contribution in [2.24, 2.45) is 0 Å². The van der Waals surface area contributed by atoms with E-state index in [-0.39, 0.29) is 29.4 Å². The Labute approximate surface area is 231 Å². The summed E-state index contributed by atoms with van der Waals surface area (Å²) in [4.78, 5) is 38.7. The van der Waals surface area contributed by atoms with E-state index in [1.165, 1.54) is 24.1 Å². The van der Waals surface area contributed by atoms with Crippen molar-refractivity contribution in [3.63, 3.8) is 0 Å². The topological polar surface area (TPSA) is 139 Å². The van der Waals surface area contributed by atoms with Gasteiger partial charge in [0.25, 0.3) is 5.69 Å². The minimum Gasteiger partial charge on any atom is -0.495 e. The van der Waals surface area contributed by atoms with Crippen LogP contribution in [0, 0.1) is 10.1 Å². The quantitative estimate of drug-likeness (QED) is 0.275. The van der Waals surface area contributed by atoms with Crippen LogP contribution >= 0.6 is 23.2 Å². The highest BCUT2D eigenvalue weighted by atomic mass is 35.5. The number of non-ortho nitro benzene ring substituents is 1. The molecule has 0 aliphatic rings. The Morgan fingerprint density at radius 2 is 1.84 bits per heavy atom. The van der Waals surface area contributed by atoms with Crippen LogP contribution in [0.1, 0.15) is 32.3 Å². The second-order valence-corrected chi connectivity index (χ2v) is 11.1. The van der Waals surface area contributed by atoms with Gasteiger partial charge in [-0.25, -0.2) is 8.42 Å². The van der Waals surface area contributed by atoms with Crippen LogP contribution in [0.2, 0.25) is 10.0 Å². The average Bonchev–Trinajstić information content (AvgIpc) is 2.85. The number of hydrogen-bond acceptors (Lipinski definition) is 7. The summed E-state index contributed by atoms with van der Waals surface area (Å²) >= 11 is 12.3. The number of nitrogens with one attached hydrogen (secondary N) is 1. The summed E-state index contributed by atoms with van der Waals surface area (Å²) < 4.78 is 31.6. The van der Waals surface area contributed by atoms with Crippen molar-refractivity contribution in [3.8, 4) is 5.75 Å². The number of amides is 2. The third-order valence-corrected chi connectivity index (χ3v) is 7.33. The average molecular weight is 589 g/mol. The smallest absolute Gasteiger partial charge is 0.271 e. The molecule has 0 saturated carbocycles. The molecule has 0 radical (unpaired) electrons. The molecule has 2 rings (SSSR count). The number of carbonyl (C=O) groups is 2. The molecule has 0 spiro atoms. The van der Waals surface area contributed by atoms with Gasteiger partial charge < -0.3 is 15.0 Å². The summed E-state index contributed by atoms with van der Waals surface area (Å²) in [5, 5.41) is 14.8. The van der Waals surface area contributed by atoms with Crippen LogP contribution in [-0.4, -0.2) is 62.6 Å². The van der Waals surface area contributed by atoms with Crippen molar-refractivity contribution in [1.29, 1.82) is 0 Å². The van der Waals surface area contributed by atoms with E-state index in [1.54, 1.807) is 19.1 Å². The Morgan fingerprint density at radius 1 is 1.16 bits per heavy atom. The second-order valence-electron chi connectivity index (χ2n) is 8.36. The molecule has 0 aliphatic carbocycles. The number of carbonyl (C=O) groups excluding carboxylic acids is 2. The summed E-state index contributed by atoms with van der Waals surface area (Å²) in [6.45, 7) is 3.13. The maximum atomic E-state index is 13.7. The van der Waals surface area contributed by atoms with E-state index in [2.05, 4.69) is 5.32 Å². The summed E-state index contributed by atoms with van der Waals surface area (Å²) in [7, 11) is -2.87. The highest BCUT2D eigenvalue weighted by molar-refractivity contribution is 7.92. The first-order valence-electron chi connectivity index (χ1n) is 11.6.